The summed E-state index contributed by atoms with van der Waals surface area (Å²) in [5, 5.41) is 1.10. The molecule has 0 aliphatic heterocycles. The van der Waals surface area contributed by atoms with Crippen molar-refractivity contribution >= 4 is 16.8 Å². The maximum Gasteiger partial charge on any atom is 0.217 e. The summed E-state index contributed by atoms with van der Waals surface area (Å²) in [6.45, 7) is 1.97. The van der Waals surface area contributed by atoms with Crippen LogP contribution in [0.2, 0.25) is 0 Å². The second kappa shape index (κ2) is 4.31. The molecule has 1 amide bonds. The molecule has 1 heterocycles. The number of aromatic nitrogens is 1. The van der Waals surface area contributed by atoms with Crippen molar-refractivity contribution in [3.05, 3.63) is 41.6 Å². The molecule has 0 aliphatic rings. The Morgan fingerprint density at radius 2 is 2.12 bits per heavy atom. The zero-order valence-corrected chi connectivity index (χ0v) is 9.23. The van der Waals surface area contributed by atoms with Crippen LogP contribution in [0.1, 0.15) is 17.7 Å². The summed E-state index contributed by atoms with van der Waals surface area (Å²) in [6, 6.07) is 10.1. The molecule has 2 aromatic rings. The third-order valence-electron chi connectivity index (χ3n) is 2.55. The molecular formula is C13H14N2O. The predicted octanol–water partition coefficient (Wildman–Crippen LogP) is 1.96. The average molecular weight is 214 g/mol. The van der Waals surface area contributed by atoms with Crippen molar-refractivity contribution in [2.45, 2.75) is 19.8 Å². The molecule has 16 heavy (non-hydrogen) atoms. The molecule has 1 aromatic carbocycles. The number of amides is 1. The van der Waals surface area contributed by atoms with Crippen LogP contribution in [0, 0.1) is 6.92 Å². The van der Waals surface area contributed by atoms with Gasteiger partial charge in [-0.2, -0.15) is 0 Å². The molecule has 3 nitrogen and oxygen atoms in total. The van der Waals surface area contributed by atoms with E-state index in [0.29, 0.717) is 12.8 Å². The van der Waals surface area contributed by atoms with E-state index in [1.807, 2.05) is 31.2 Å². The highest BCUT2D eigenvalue weighted by molar-refractivity contribution is 5.79. The fourth-order valence-electron chi connectivity index (χ4n) is 1.70. The van der Waals surface area contributed by atoms with Gasteiger partial charge in [0.15, 0.2) is 0 Å². The van der Waals surface area contributed by atoms with Crippen LogP contribution in [0.4, 0.5) is 0 Å². The lowest BCUT2D eigenvalue weighted by Gasteiger charge is -2.02. The van der Waals surface area contributed by atoms with Crippen molar-refractivity contribution in [3.63, 3.8) is 0 Å². The molecule has 0 fully saturated rings. The number of hydrogen-bond acceptors (Lipinski definition) is 2. The average Bonchev–Trinajstić information content (AvgIpc) is 2.26. The van der Waals surface area contributed by atoms with Gasteiger partial charge < -0.3 is 5.73 Å². The number of rotatable bonds is 3. The first-order chi connectivity index (χ1) is 7.65. The van der Waals surface area contributed by atoms with E-state index in [1.54, 1.807) is 0 Å². The van der Waals surface area contributed by atoms with E-state index in [-0.39, 0.29) is 5.91 Å². The molecule has 0 unspecified atom stereocenters. The van der Waals surface area contributed by atoms with Gasteiger partial charge in [-0.05, 0) is 37.1 Å². The normalized spacial score (nSPS) is 10.6. The number of nitrogens with zero attached hydrogens (tertiary/aromatic N) is 1. The summed E-state index contributed by atoms with van der Waals surface area (Å²) in [5.74, 6) is -0.262. The van der Waals surface area contributed by atoms with Crippen LogP contribution in [0.15, 0.2) is 30.3 Å². The van der Waals surface area contributed by atoms with Gasteiger partial charge in [0.25, 0.3) is 0 Å². The summed E-state index contributed by atoms with van der Waals surface area (Å²) in [6.07, 6.45) is 1.09. The Kier molecular flexibility index (Phi) is 2.86. The van der Waals surface area contributed by atoms with Gasteiger partial charge in [-0.1, -0.05) is 12.1 Å². The van der Waals surface area contributed by atoms with Crippen molar-refractivity contribution in [1.29, 1.82) is 0 Å². The monoisotopic (exact) mass is 214 g/mol. The molecule has 0 spiro atoms. The first kappa shape index (κ1) is 10.6. The molecule has 0 bridgehead atoms. The number of aryl methyl sites for hydroxylation is 2. The van der Waals surface area contributed by atoms with Gasteiger partial charge in [0.2, 0.25) is 5.91 Å². The van der Waals surface area contributed by atoms with Crippen LogP contribution in [-0.2, 0) is 11.2 Å². The van der Waals surface area contributed by atoms with Crippen molar-refractivity contribution in [1.82, 2.24) is 4.98 Å². The SMILES string of the molecule is Cc1ccc2cc(CCC(N)=O)ccc2n1. The molecule has 0 aliphatic carbocycles. The molecule has 0 atom stereocenters. The third-order valence-corrected chi connectivity index (χ3v) is 2.55. The molecule has 82 valence electrons. The van der Waals surface area contributed by atoms with Crippen LogP contribution in [-0.4, -0.2) is 10.9 Å². The minimum absolute atomic E-state index is 0.262. The minimum atomic E-state index is -0.262. The largest absolute Gasteiger partial charge is 0.370 e. The number of carbonyl (C=O) groups excluding carboxylic acids is 1. The lowest BCUT2D eigenvalue weighted by molar-refractivity contribution is -0.117. The number of pyridine rings is 1. The predicted molar refractivity (Wildman–Crippen MR) is 64.0 cm³/mol. The lowest BCUT2D eigenvalue weighted by atomic mass is 10.1. The molecule has 2 rings (SSSR count). The smallest absolute Gasteiger partial charge is 0.217 e. The highest BCUT2D eigenvalue weighted by Crippen LogP contribution is 2.15. The quantitative estimate of drug-likeness (QED) is 0.849. The number of hydrogen-bond donors (Lipinski definition) is 1. The second-order valence-electron chi connectivity index (χ2n) is 3.95. The summed E-state index contributed by atoms with van der Waals surface area (Å²) in [4.78, 5) is 15.1. The van der Waals surface area contributed by atoms with Gasteiger partial charge >= 0.3 is 0 Å². The second-order valence-corrected chi connectivity index (χ2v) is 3.95. The number of primary amides is 1. The first-order valence-corrected chi connectivity index (χ1v) is 5.30. The van der Waals surface area contributed by atoms with E-state index in [2.05, 4.69) is 11.1 Å². The van der Waals surface area contributed by atoms with Crippen LogP contribution >= 0.6 is 0 Å². The fourth-order valence-corrected chi connectivity index (χ4v) is 1.70. The van der Waals surface area contributed by atoms with Crippen molar-refractivity contribution < 1.29 is 4.79 Å². The molecule has 0 saturated carbocycles. The Hall–Kier alpha value is -1.90. The zero-order valence-electron chi connectivity index (χ0n) is 9.23. The van der Waals surface area contributed by atoms with Crippen molar-refractivity contribution in [3.8, 4) is 0 Å². The Morgan fingerprint density at radius 3 is 2.88 bits per heavy atom. The molecule has 3 heteroatoms. The number of benzene rings is 1. The van der Waals surface area contributed by atoms with Gasteiger partial charge in [0.1, 0.15) is 0 Å². The van der Waals surface area contributed by atoms with Gasteiger partial charge in [0, 0.05) is 17.5 Å². The van der Waals surface area contributed by atoms with E-state index in [4.69, 9.17) is 5.73 Å². The highest BCUT2D eigenvalue weighted by atomic mass is 16.1. The summed E-state index contributed by atoms with van der Waals surface area (Å²) >= 11 is 0. The molecule has 0 saturated heterocycles. The Bertz CT molecular complexity index is 534. The fraction of sp³-hybridized carbons (Fsp3) is 0.231. The molecular weight excluding hydrogens is 200 g/mol. The Labute approximate surface area is 94.3 Å². The van der Waals surface area contributed by atoms with E-state index >= 15 is 0 Å². The maximum atomic E-state index is 10.7. The van der Waals surface area contributed by atoms with E-state index in [1.165, 1.54) is 0 Å². The summed E-state index contributed by atoms with van der Waals surface area (Å²) in [7, 11) is 0. The lowest BCUT2D eigenvalue weighted by Crippen LogP contribution is -2.11. The summed E-state index contributed by atoms with van der Waals surface area (Å²) < 4.78 is 0. The number of nitrogens with two attached hydrogens (primary N) is 1. The maximum absolute atomic E-state index is 10.7. The van der Waals surface area contributed by atoms with Gasteiger partial charge in [-0.15, -0.1) is 0 Å². The van der Waals surface area contributed by atoms with Crippen LogP contribution in [0.5, 0.6) is 0 Å². The van der Waals surface area contributed by atoms with Crippen molar-refractivity contribution in [2.75, 3.05) is 0 Å². The molecule has 0 radical (unpaired) electrons. The standard InChI is InChI=1S/C13H14N2O/c1-9-2-5-11-8-10(4-7-13(14)16)3-6-12(11)15-9/h2-3,5-6,8H,4,7H2,1H3,(H2,14,16). The van der Waals surface area contributed by atoms with Crippen LogP contribution in [0.25, 0.3) is 10.9 Å². The molecule has 2 N–H and O–H groups in total. The van der Waals surface area contributed by atoms with Crippen molar-refractivity contribution in [2.24, 2.45) is 5.73 Å². The minimum Gasteiger partial charge on any atom is -0.370 e. The van der Waals surface area contributed by atoms with Gasteiger partial charge in [-0.25, -0.2) is 0 Å². The number of fused-ring (bicyclic) bond motifs is 1. The van der Waals surface area contributed by atoms with Crippen LogP contribution in [0.3, 0.4) is 0 Å². The van der Waals surface area contributed by atoms with Gasteiger partial charge in [0.05, 0.1) is 5.52 Å². The zero-order chi connectivity index (χ0) is 11.5. The third kappa shape index (κ3) is 2.37. The van der Waals surface area contributed by atoms with Crippen LogP contribution < -0.4 is 5.73 Å². The molecule has 1 aromatic heterocycles. The number of carbonyl (C=O) groups is 1. The van der Waals surface area contributed by atoms with Gasteiger partial charge in [-0.3, -0.25) is 9.78 Å². The van der Waals surface area contributed by atoms with E-state index in [0.717, 1.165) is 22.2 Å². The van der Waals surface area contributed by atoms with E-state index in [9.17, 15) is 4.79 Å². The van der Waals surface area contributed by atoms with E-state index < -0.39 is 0 Å². The Morgan fingerprint density at radius 1 is 1.31 bits per heavy atom. The highest BCUT2D eigenvalue weighted by Gasteiger charge is 2.00. The summed E-state index contributed by atoms with van der Waals surface area (Å²) in [5.41, 5.74) is 8.24. The Balaban J connectivity index is 2.30. The topological polar surface area (TPSA) is 56.0 Å². The first-order valence-electron chi connectivity index (χ1n) is 5.30.